The first kappa shape index (κ1) is 13.0. The number of nitrogens with zero attached hydrogens (tertiary/aromatic N) is 2. The molecule has 0 saturated carbocycles. The minimum atomic E-state index is 0.493. The van der Waals surface area contributed by atoms with Gasteiger partial charge in [0.15, 0.2) is 0 Å². The first-order valence-corrected chi connectivity index (χ1v) is 7.50. The molecule has 4 heteroatoms. The van der Waals surface area contributed by atoms with Crippen LogP contribution in [0.1, 0.15) is 26.0 Å². The van der Waals surface area contributed by atoms with E-state index in [-0.39, 0.29) is 0 Å². The zero-order valence-electron chi connectivity index (χ0n) is 11.1. The number of hydrogen-bond acceptors (Lipinski definition) is 3. The highest BCUT2D eigenvalue weighted by atomic mass is 32.2. The summed E-state index contributed by atoms with van der Waals surface area (Å²) in [4.78, 5) is 0. The molecule has 2 rings (SSSR count). The fourth-order valence-corrected chi connectivity index (χ4v) is 3.75. The van der Waals surface area contributed by atoms with Gasteiger partial charge < -0.3 is 5.32 Å². The van der Waals surface area contributed by atoms with Crippen LogP contribution in [0.2, 0.25) is 0 Å². The molecule has 0 spiro atoms. The summed E-state index contributed by atoms with van der Waals surface area (Å²) in [5.41, 5.74) is 1.80. The molecule has 96 valence electrons. The number of aromatic nitrogens is 2. The van der Waals surface area contributed by atoms with E-state index in [0.717, 1.165) is 13.0 Å². The van der Waals surface area contributed by atoms with Crippen molar-refractivity contribution in [1.82, 2.24) is 15.1 Å². The van der Waals surface area contributed by atoms with Gasteiger partial charge in [0.05, 0.1) is 0 Å². The molecular weight excluding hydrogens is 230 g/mol. The van der Waals surface area contributed by atoms with Crippen LogP contribution >= 0.6 is 11.8 Å². The first-order chi connectivity index (χ1) is 8.07. The van der Waals surface area contributed by atoms with Crippen LogP contribution < -0.4 is 5.32 Å². The van der Waals surface area contributed by atoms with Crippen molar-refractivity contribution >= 4 is 11.8 Å². The van der Waals surface area contributed by atoms with Gasteiger partial charge in [-0.2, -0.15) is 16.9 Å². The molecule has 0 aromatic carbocycles. The van der Waals surface area contributed by atoms with Gasteiger partial charge in [-0.15, -0.1) is 0 Å². The summed E-state index contributed by atoms with van der Waals surface area (Å²) in [7, 11) is 2.01. The van der Waals surface area contributed by atoms with Crippen LogP contribution in [-0.2, 0) is 13.5 Å². The second-order valence-electron chi connectivity index (χ2n) is 5.73. The number of aryl methyl sites for hydroxylation is 1. The molecule has 0 bridgehead atoms. The molecular formula is C13H23N3S. The second kappa shape index (κ2) is 5.44. The number of nitrogens with one attached hydrogen (secondary N) is 1. The maximum atomic E-state index is 4.19. The van der Waals surface area contributed by atoms with E-state index in [9.17, 15) is 0 Å². The topological polar surface area (TPSA) is 29.9 Å². The first-order valence-electron chi connectivity index (χ1n) is 6.35. The maximum absolute atomic E-state index is 4.19. The zero-order valence-corrected chi connectivity index (χ0v) is 11.9. The molecule has 1 saturated heterocycles. The van der Waals surface area contributed by atoms with Crippen molar-refractivity contribution in [3.8, 4) is 0 Å². The third kappa shape index (κ3) is 3.75. The Kier molecular flexibility index (Phi) is 4.15. The summed E-state index contributed by atoms with van der Waals surface area (Å²) >= 11 is 2.08. The van der Waals surface area contributed by atoms with E-state index in [2.05, 4.69) is 42.1 Å². The Morgan fingerprint density at radius 1 is 1.59 bits per heavy atom. The molecule has 1 aromatic rings. The highest BCUT2D eigenvalue weighted by molar-refractivity contribution is 7.99. The van der Waals surface area contributed by atoms with Gasteiger partial charge in [0.25, 0.3) is 0 Å². The largest absolute Gasteiger partial charge is 0.313 e. The van der Waals surface area contributed by atoms with Gasteiger partial charge in [0, 0.05) is 43.7 Å². The van der Waals surface area contributed by atoms with Crippen molar-refractivity contribution in [3.63, 3.8) is 0 Å². The Labute approximate surface area is 108 Å². The molecule has 1 unspecified atom stereocenters. The van der Waals surface area contributed by atoms with E-state index < -0.39 is 0 Å². The van der Waals surface area contributed by atoms with Gasteiger partial charge in [-0.3, -0.25) is 4.68 Å². The highest BCUT2D eigenvalue weighted by Crippen LogP contribution is 2.33. The average molecular weight is 253 g/mol. The van der Waals surface area contributed by atoms with Crippen LogP contribution in [0.15, 0.2) is 12.3 Å². The maximum Gasteiger partial charge on any atom is 0.0492 e. The number of rotatable bonds is 4. The lowest BCUT2D eigenvalue weighted by Crippen LogP contribution is -2.41. The predicted molar refractivity (Wildman–Crippen MR) is 74.4 cm³/mol. The van der Waals surface area contributed by atoms with E-state index in [4.69, 9.17) is 0 Å². The van der Waals surface area contributed by atoms with Crippen molar-refractivity contribution in [1.29, 1.82) is 0 Å². The number of hydrogen-bond donors (Lipinski definition) is 1. The van der Waals surface area contributed by atoms with Crippen LogP contribution in [-0.4, -0.2) is 33.9 Å². The zero-order chi connectivity index (χ0) is 12.3. The molecule has 1 fully saturated rings. The summed E-state index contributed by atoms with van der Waals surface area (Å²) in [5, 5.41) is 7.87. The van der Waals surface area contributed by atoms with Gasteiger partial charge in [-0.1, -0.05) is 13.8 Å². The molecule has 1 aliphatic heterocycles. The summed E-state index contributed by atoms with van der Waals surface area (Å²) in [5.74, 6) is 2.56. The van der Waals surface area contributed by atoms with Crippen molar-refractivity contribution in [2.24, 2.45) is 12.5 Å². The van der Waals surface area contributed by atoms with Crippen molar-refractivity contribution in [3.05, 3.63) is 18.0 Å². The fraction of sp³-hybridized carbons (Fsp3) is 0.769. The molecule has 0 aliphatic carbocycles. The lowest BCUT2D eigenvalue weighted by atomic mass is 9.88. The van der Waals surface area contributed by atoms with Crippen molar-refractivity contribution in [2.45, 2.75) is 32.7 Å². The predicted octanol–water partition coefficient (Wildman–Crippen LogP) is 2.08. The second-order valence-corrected chi connectivity index (χ2v) is 6.76. The van der Waals surface area contributed by atoms with Crippen LogP contribution in [0.4, 0.5) is 0 Å². The van der Waals surface area contributed by atoms with Crippen LogP contribution in [0.3, 0.4) is 0 Å². The third-order valence-electron chi connectivity index (χ3n) is 3.35. The van der Waals surface area contributed by atoms with E-state index in [1.807, 2.05) is 17.9 Å². The quantitative estimate of drug-likeness (QED) is 0.891. The Balaban J connectivity index is 1.74. The summed E-state index contributed by atoms with van der Waals surface area (Å²) < 4.78 is 1.96. The van der Waals surface area contributed by atoms with Crippen molar-refractivity contribution < 1.29 is 0 Å². The lowest BCUT2D eigenvalue weighted by Gasteiger charge is -2.35. The molecule has 2 heterocycles. The third-order valence-corrected chi connectivity index (χ3v) is 4.97. The molecule has 0 radical (unpaired) electrons. The molecule has 1 aromatic heterocycles. The molecule has 0 amide bonds. The number of thioether (sulfide) groups is 1. The van der Waals surface area contributed by atoms with Gasteiger partial charge in [0.2, 0.25) is 0 Å². The Morgan fingerprint density at radius 2 is 2.41 bits per heavy atom. The summed E-state index contributed by atoms with van der Waals surface area (Å²) in [6.07, 6.45) is 4.23. The van der Waals surface area contributed by atoms with Crippen LogP contribution in [0, 0.1) is 5.41 Å². The van der Waals surface area contributed by atoms with Gasteiger partial charge in [-0.25, -0.2) is 0 Å². The average Bonchev–Trinajstić information content (AvgIpc) is 2.63. The lowest BCUT2D eigenvalue weighted by molar-refractivity contribution is 0.319. The highest BCUT2D eigenvalue weighted by Gasteiger charge is 2.27. The Bertz CT molecular complexity index is 359. The van der Waals surface area contributed by atoms with Gasteiger partial charge in [-0.05, 0) is 23.7 Å². The van der Waals surface area contributed by atoms with Crippen LogP contribution in [0.5, 0.6) is 0 Å². The van der Waals surface area contributed by atoms with Crippen LogP contribution in [0.25, 0.3) is 0 Å². The van der Waals surface area contributed by atoms with Crippen molar-refractivity contribution in [2.75, 3.05) is 18.1 Å². The standard InChI is InChI=1S/C13H23N3S/c1-13(2)8-11(9-17-10-13)14-6-4-12-5-7-15-16(12)3/h5,7,11,14H,4,6,8-10H2,1-3H3. The van der Waals surface area contributed by atoms with Gasteiger partial charge in [0.1, 0.15) is 0 Å². The monoisotopic (exact) mass is 253 g/mol. The molecule has 1 aliphatic rings. The fourth-order valence-electron chi connectivity index (χ4n) is 2.44. The molecule has 1 atom stereocenters. The van der Waals surface area contributed by atoms with Gasteiger partial charge >= 0.3 is 0 Å². The SMILES string of the molecule is Cn1nccc1CCNC1CSCC(C)(C)C1. The summed E-state index contributed by atoms with van der Waals surface area (Å²) in [6, 6.07) is 2.78. The van der Waals surface area contributed by atoms with E-state index in [1.54, 1.807) is 0 Å². The Morgan fingerprint density at radius 3 is 3.06 bits per heavy atom. The van der Waals surface area contributed by atoms with E-state index in [0.29, 0.717) is 11.5 Å². The normalized spacial score (nSPS) is 23.8. The molecule has 3 nitrogen and oxygen atoms in total. The summed E-state index contributed by atoms with van der Waals surface area (Å²) in [6.45, 7) is 5.80. The minimum absolute atomic E-state index is 0.493. The molecule has 17 heavy (non-hydrogen) atoms. The molecule has 1 N–H and O–H groups in total. The van der Waals surface area contributed by atoms with E-state index >= 15 is 0 Å². The minimum Gasteiger partial charge on any atom is -0.313 e. The smallest absolute Gasteiger partial charge is 0.0492 e. The Hall–Kier alpha value is -0.480. The van der Waals surface area contributed by atoms with E-state index in [1.165, 1.54) is 23.6 Å².